The molecule has 1 atom stereocenters. The molecule has 1 aliphatic rings. The molecule has 1 heterocycles. The second-order valence-electron chi connectivity index (χ2n) is 4.41. The fourth-order valence-corrected chi connectivity index (χ4v) is 2.61. The third-order valence-electron chi connectivity index (χ3n) is 3.00. The van der Waals surface area contributed by atoms with Gasteiger partial charge in [0.15, 0.2) is 0 Å². The highest BCUT2D eigenvalue weighted by Crippen LogP contribution is 2.25. The van der Waals surface area contributed by atoms with Gasteiger partial charge in [-0.05, 0) is 25.0 Å². The molecule has 5 nitrogen and oxygen atoms in total. The number of aryl methyl sites for hydroxylation is 1. The Hall–Kier alpha value is -1.43. The van der Waals surface area contributed by atoms with Gasteiger partial charge < -0.3 is 4.90 Å². The van der Waals surface area contributed by atoms with Gasteiger partial charge in [0.1, 0.15) is 5.56 Å². The summed E-state index contributed by atoms with van der Waals surface area (Å²) in [6.45, 7) is 3.06. The van der Waals surface area contributed by atoms with Crippen LogP contribution in [0.3, 0.4) is 0 Å². The number of amides is 1. The van der Waals surface area contributed by atoms with Crippen LogP contribution in [0.25, 0.3) is 0 Å². The fourth-order valence-electron chi connectivity index (χ4n) is 2.05. The van der Waals surface area contributed by atoms with E-state index in [2.05, 4.69) is 15.9 Å². The molecular weight excluding hydrogens is 300 g/mol. The van der Waals surface area contributed by atoms with Gasteiger partial charge in [-0.15, -0.1) is 0 Å². The molecule has 6 heteroatoms. The van der Waals surface area contributed by atoms with Crippen LogP contribution in [0.5, 0.6) is 0 Å². The first-order valence-electron chi connectivity index (χ1n) is 5.67. The molecule has 0 saturated carbocycles. The minimum Gasteiger partial charge on any atom is -0.337 e. The molecule has 0 aliphatic carbocycles. The van der Waals surface area contributed by atoms with Gasteiger partial charge in [0.2, 0.25) is 0 Å². The molecule has 1 aromatic carbocycles. The van der Waals surface area contributed by atoms with E-state index in [-0.39, 0.29) is 22.0 Å². The Labute approximate surface area is 113 Å². The number of carbonyl (C=O) groups excluding carboxylic acids is 1. The number of halogens is 1. The first-order valence-corrected chi connectivity index (χ1v) is 6.59. The lowest BCUT2D eigenvalue weighted by Gasteiger charge is -2.15. The van der Waals surface area contributed by atoms with Gasteiger partial charge in [-0.3, -0.25) is 14.9 Å². The Bertz CT molecular complexity index is 504. The van der Waals surface area contributed by atoms with E-state index in [9.17, 15) is 14.9 Å². The highest BCUT2D eigenvalue weighted by molar-refractivity contribution is 9.09. The average molecular weight is 313 g/mol. The predicted molar refractivity (Wildman–Crippen MR) is 71.1 cm³/mol. The van der Waals surface area contributed by atoms with Gasteiger partial charge in [-0.1, -0.05) is 22.0 Å². The van der Waals surface area contributed by atoms with E-state index in [1.165, 1.54) is 6.07 Å². The SMILES string of the molecule is Cc1ccc([N+](=O)[O-])c(C(=O)N2CCC(Br)C2)c1. The third kappa shape index (κ3) is 2.53. The first-order chi connectivity index (χ1) is 8.49. The van der Waals surface area contributed by atoms with Gasteiger partial charge in [-0.25, -0.2) is 0 Å². The normalized spacial score (nSPS) is 19.0. The zero-order valence-corrected chi connectivity index (χ0v) is 11.5. The maximum atomic E-state index is 12.3. The van der Waals surface area contributed by atoms with E-state index in [4.69, 9.17) is 0 Å². The van der Waals surface area contributed by atoms with Crippen LogP contribution < -0.4 is 0 Å². The van der Waals surface area contributed by atoms with Crippen LogP contribution in [0.1, 0.15) is 22.3 Å². The molecule has 2 rings (SSSR count). The van der Waals surface area contributed by atoms with Crippen LogP contribution in [0.15, 0.2) is 18.2 Å². The molecule has 0 radical (unpaired) electrons. The summed E-state index contributed by atoms with van der Waals surface area (Å²) in [6.07, 6.45) is 0.880. The monoisotopic (exact) mass is 312 g/mol. The molecule has 0 N–H and O–H groups in total. The third-order valence-corrected chi connectivity index (χ3v) is 3.74. The summed E-state index contributed by atoms with van der Waals surface area (Å²) in [6, 6.07) is 4.62. The Balaban J connectivity index is 2.34. The van der Waals surface area contributed by atoms with Crippen molar-refractivity contribution in [3.63, 3.8) is 0 Å². The lowest BCUT2D eigenvalue weighted by Crippen LogP contribution is -2.29. The highest BCUT2D eigenvalue weighted by Gasteiger charge is 2.29. The van der Waals surface area contributed by atoms with Crippen molar-refractivity contribution in [1.29, 1.82) is 0 Å². The van der Waals surface area contributed by atoms with Crippen LogP contribution >= 0.6 is 15.9 Å². The quantitative estimate of drug-likeness (QED) is 0.479. The van der Waals surface area contributed by atoms with E-state index in [0.29, 0.717) is 13.1 Å². The average Bonchev–Trinajstić information content (AvgIpc) is 2.74. The number of hydrogen-bond donors (Lipinski definition) is 0. The maximum absolute atomic E-state index is 12.3. The van der Waals surface area contributed by atoms with E-state index >= 15 is 0 Å². The molecule has 1 amide bonds. The van der Waals surface area contributed by atoms with Gasteiger partial charge in [0, 0.05) is 24.0 Å². The van der Waals surface area contributed by atoms with Crippen LogP contribution in [0.2, 0.25) is 0 Å². The van der Waals surface area contributed by atoms with Crippen LogP contribution in [-0.2, 0) is 0 Å². The number of alkyl halides is 1. The molecule has 1 unspecified atom stereocenters. The van der Waals surface area contributed by atoms with Crippen LogP contribution in [0.4, 0.5) is 5.69 Å². The van der Waals surface area contributed by atoms with Gasteiger partial charge in [0.25, 0.3) is 11.6 Å². The van der Waals surface area contributed by atoms with E-state index < -0.39 is 4.92 Å². The topological polar surface area (TPSA) is 63.5 Å². The number of carbonyl (C=O) groups is 1. The van der Waals surface area contributed by atoms with Crippen molar-refractivity contribution >= 4 is 27.5 Å². The molecule has 0 bridgehead atoms. The van der Waals surface area contributed by atoms with Crippen molar-refractivity contribution in [2.24, 2.45) is 0 Å². The molecule has 0 aromatic heterocycles. The van der Waals surface area contributed by atoms with Crippen LogP contribution in [0, 0.1) is 17.0 Å². The maximum Gasteiger partial charge on any atom is 0.282 e. The number of nitrogens with zero attached hydrogens (tertiary/aromatic N) is 2. The van der Waals surface area contributed by atoms with Gasteiger partial charge in [-0.2, -0.15) is 0 Å². The predicted octanol–water partition coefficient (Wildman–Crippen LogP) is 2.51. The number of likely N-dealkylation sites (tertiary alicyclic amines) is 1. The largest absolute Gasteiger partial charge is 0.337 e. The van der Waals surface area contributed by atoms with Crippen LogP contribution in [-0.4, -0.2) is 33.6 Å². The van der Waals surface area contributed by atoms with Crippen molar-refractivity contribution in [2.75, 3.05) is 13.1 Å². The number of rotatable bonds is 2. The van der Waals surface area contributed by atoms with E-state index in [1.54, 1.807) is 17.0 Å². The Kier molecular flexibility index (Phi) is 3.65. The number of benzene rings is 1. The fraction of sp³-hybridized carbons (Fsp3) is 0.417. The van der Waals surface area contributed by atoms with E-state index in [0.717, 1.165) is 12.0 Å². The van der Waals surface area contributed by atoms with Crippen molar-refractivity contribution in [2.45, 2.75) is 18.2 Å². The van der Waals surface area contributed by atoms with Gasteiger partial charge in [0.05, 0.1) is 4.92 Å². The standard InChI is InChI=1S/C12H13BrN2O3/c1-8-2-3-11(15(17)18)10(6-8)12(16)14-5-4-9(13)7-14/h2-3,6,9H,4-5,7H2,1H3. The summed E-state index contributed by atoms with van der Waals surface area (Å²) in [4.78, 5) is 24.6. The first kappa shape index (κ1) is 13.0. The number of nitro benzene ring substituents is 1. The molecule has 1 fully saturated rings. The molecule has 1 aliphatic heterocycles. The molecule has 96 valence electrons. The molecule has 1 saturated heterocycles. The summed E-state index contributed by atoms with van der Waals surface area (Å²) < 4.78 is 0. The van der Waals surface area contributed by atoms with E-state index in [1.807, 2.05) is 6.92 Å². The number of nitro groups is 1. The highest BCUT2D eigenvalue weighted by atomic mass is 79.9. The van der Waals surface area contributed by atoms with Gasteiger partial charge >= 0.3 is 0 Å². The Morgan fingerprint density at radius 1 is 1.56 bits per heavy atom. The molecule has 18 heavy (non-hydrogen) atoms. The summed E-state index contributed by atoms with van der Waals surface area (Å²) in [5, 5.41) is 10.9. The Morgan fingerprint density at radius 3 is 2.83 bits per heavy atom. The molecule has 0 spiro atoms. The summed E-state index contributed by atoms with van der Waals surface area (Å²) in [5.41, 5.74) is 0.906. The Morgan fingerprint density at radius 2 is 2.28 bits per heavy atom. The minimum atomic E-state index is -0.506. The second kappa shape index (κ2) is 5.06. The number of hydrogen-bond acceptors (Lipinski definition) is 3. The lowest BCUT2D eigenvalue weighted by atomic mass is 10.1. The van der Waals surface area contributed by atoms with Crippen molar-refractivity contribution in [3.05, 3.63) is 39.4 Å². The lowest BCUT2D eigenvalue weighted by molar-refractivity contribution is -0.385. The second-order valence-corrected chi connectivity index (χ2v) is 5.71. The van der Waals surface area contributed by atoms with Crippen molar-refractivity contribution in [3.8, 4) is 0 Å². The minimum absolute atomic E-state index is 0.122. The zero-order valence-electron chi connectivity index (χ0n) is 9.93. The summed E-state index contributed by atoms with van der Waals surface area (Å²) in [5.74, 6) is -0.257. The zero-order chi connectivity index (χ0) is 13.3. The smallest absolute Gasteiger partial charge is 0.282 e. The summed E-state index contributed by atoms with van der Waals surface area (Å²) in [7, 11) is 0. The summed E-state index contributed by atoms with van der Waals surface area (Å²) >= 11 is 3.45. The van der Waals surface area contributed by atoms with Crippen molar-refractivity contribution in [1.82, 2.24) is 4.90 Å². The molecule has 1 aromatic rings. The van der Waals surface area contributed by atoms with Crippen molar-refractivity contribution < 1.29 is 9.72 Å². The molecular formula is C12H13BrN2O3.